The number of hydrogen-bond acceptors (Lipinski definition) is 6. The minimum Gasteiger partial charge on any atom is -0.343 e. The van der Waals surface area contributed by atoms with Gasteiger partial charge in [0.25, 0.3) is 0 Å². The second-order valence-electron chi connectivity index (χ2n) is 8.79. The lowest BCUT2D eigenvalue weighted by Crippen LogP contribution is -2.36. The summed E-state index contributed by atoms with van der Waals surface area (Å²) in [5.74, 6) is 7.43. The number of aryl methyl sites for hydroxylation is 2. The van der Waals surface area contributed by atoms with Crippen LogP contribution in [0, 0.1) is 17.8 Å². The first-order valence-corrected chi connectivity index (χ1v) is 12.8. The van der Waals surface area contributed by atoms with Gasteiger partial charge >= 0.3 is 0 Å². The van der Waals surface area contributed by atoms with E-state index in [-0.39, 0.29) is 17.7 Å². The summed E-state index contributed by atoms with van der Waals surface area (Å²) in [7, 11) is 0. The number of piperidine rings is 1. The smallest absolute Gasteiger partial charge is 0.223 e. The molecule has 35 heavy (non-hydrogen) atoms. The summed E-state index contributed by atoms with van der Waals surface area (Å²) >= 11 is 7.98. The highest BCUT2D eigenvalue weighted by Crippen LogP contribution is 2.39. The van der Waals surface area contributed by atoms with Gasteiger partial charge in [0.1, 0.15) is 0 Å². The number of hydrogen-bond donors (Lipinski definition) is 1. The van der Waals surface area contributed by atoms with Crippen LogP contribution in [0.2, 0.25) is 5.02 Å². The Kier molecular flexibility index (Phi) is 6.54. The lowest BCUT2D eigenvalue weighted by atomic mass is 9.97. The SMILES string of the molecule is CC(=O)Nc1nc2c(s1)-c1nc(-c3cc(C#CC4CCN(C(C)=O)CC4)ccc3Cl)ncc1CC2. The van der Waals surface area contributed by atoms with Crippen molar-refractivity contribution in [3.63, 3.8) is 0 Å². The minimum atomic E-state index is -0.145. The standard InChI is InChI=1S/C26H24ClN5O2S/c1-15(33)29-26-30-22-8-6-19-14-28-25(31-23(19)24(22)35-26)20-13-18(5-7-21(20)27)4-3-17-9-11-32(12-10-17)16(2)34/h5,7,13-14,17H,6,8-12H2,1-2H3,(H,29,30,33). The zero-order chi connectivity index (χ0) is 24.5. The molecule has 5 rings (SSSR count). The number of anilines is 1. The number of carbonyl (C=O) groups excluding carboxylic acids is 2. The van der Waals surface area contributed by atoms with Gasteiger partial charge in [-0.05, 0) is 49.4 Å². The van der Waals surface area contributed by atoms with Crippen LogP contribution in [-0.2, 0) is 22.4 Å². The van der Waals surface area contributed by atoms with Gasteiger partial charge in [-0.15, -0.1) is 0 Å². The number of rotatable bonds is 2. The number of nitrogens with one attached hydrogen (secondary N) is 1. The van der Waals surface area contributed by atoms with E-state index in [1.807, 2.05) is 29.3 Å². The zero-order valence-electron chi connectivity index (χ0n) is 19.5. The van der Waals surface area contributed by atoms with Gasteiger partial charge < -0.3 is 10.2 Å². The Bertz CT molecular complexity index is 1380. The monoisotopic (exact) mass is 505 g/mol. The van der Waals surface area contributed by atoms with E-state index >= 15 is 0 Å². The first-order chi connectivity index (χ1) is 16.9. The lowest BCUT2D eigenvalue weighted by molar-refractivity contribution is -0.130. The van der Waals surface area contributed by atoms with Crippen LogP contribution >= 0.6 is 22.9 Å². The maximum Gasteiger partial charge on any atom is 0.223 e. The molecule has 3 aromatic rings. The van der Waals surface area contributed by atoms with E-state index in [1.165, 1.54) is 18.3 Å². The Morgan fingerprint density at radius 1 is 1.17 bits per heavy atom. The quantitative estimate of drug-likeness (QED) is 0.515. The maximum absolute atomic E-state index is 11.5. The molecule has 1 saturated heterocycles. The van der Waals surface area contributed by atoms with Gasteiger partial charge in [-0.3, -0.25) is 9.59 Å². The van der Waals surface area contributed by atoms with Gasteiger partial charge in [0, 0.05) is 50.2 Å². The van der Waals surface area contributed by atoms with E-state index in [9.17, 15) is 9.59 Å². The Morgan fingerprint density at radius 3 is 2.71 bits per heavy atom. The molecule has 0 spiro atoms. The van der Waals surface area contributed by atoms with Crippen LogP contribution in [0.4, 0.5) is 5.13 Å². The summed E-state index contributed by atoms with van der Waals surface area (Å²) in [6.45, 7) is 4.60. The van der Waals surface area contributed by atoms with Crippen molar-refractivity contribution >= 4 is 39.9 Å². The van der Waals surface area contributed by atoms with Crippen molar-refractivity contribution in [3.8, 4) is 33.8 Å². The summed E-state index contributed by atoms with van der Waals surface area (Å²) in [6, 6.07) is 5.67. The number of fused-ring (bicyclic) bond motifs is 3. The molecular formula is C26H24ClN5O2S. The lowest BCUT2D eigenvalue weighted by Gasteiger charge is -2.28. The molecule has 178 valence electrons. The maximum atomic E-state index is 11.5. The molecule has 0 atom stereocenters. The van der Waals surface area contributed by atoms with Crippen molar-refractivity contribution in [1.29, 1.82) is 0 Å². The molecule has 0 unspecified atom stereocenters. The Morgan fingerprint density at radius 2 is 1.97 bits per heavy atom. The number of amides is 2. The summed E-state index contributed by atoms with van der Waals surface area (Å²) in [4.78, 5) is 39.9. The first-order valence-electron chi connectivity index (χ1n) is 11.6. The van der Waals surface area contributed by atoms with Crippen molar-refractivity contribution in [2.45, 2.75) is 39.5 Å². The molecule has 1 aromatic carbocycles. The average molecular weight is 506 g/mol. The average Bonchev–Trinajstić information content (AvgIpc) is 3.26. The topological polar surface area (TPSA) is 88.1 Å². The van der Waals surface area contributed by atoms with Crippen molar-refractivity contribution in [2.24, 2.45) is 5.92 Å². The van der Waals surface area contributed by atoms with Crippen LogP contribution in [0.1, 0.15) is 43.5 Å². The largest absolute Gasteiger partial charge is 0.343 e. The number of thiazole rings is 1. The summed E-state index contributed by atoms with van der Waals surface area (Å²) in [5, 5.41) is 3.92. The van der Waals surface area contributed by atoms with Gasteiger partial charge in [-0.1, -0.05) is 34.8 Å². The number of carbonyl (C=O) groups is 2. The van der Waals surface area contributed by atoms with Crippen molar-refractivity contribution in [2.75, 3.05) is 18.4 Å². The van der Waals surface area contributed by atoms with E-state index in [1.54, 1.807) is 6.92 Å². The highest BCUT2D eigenvalue weighted by atomic mass is 35.5. The van der Waals surface area contributed by atoms with Gasteiger partial charge in [0.15, 0.2) is 11.0 Å². The van der Waals surface area contributed by atoms with Crippen LogP contribution in [0.3, 0.4) is 0 Å². The normalized spacial score (nSPS) is 15.0. The summed E-state index contributed by atoms with van der Waals surface area (Å²) in [6.07, 6.45) is 5.22. The zero-order valence-corrected chi connectivity index (χ0v) is 21.1. The Hall–Kier alpha value is -3.28. The molecule has 1 aliphatic heterocycles. The third-order valence-electron chi connectivity index (χ3n) is 6.26. The van der Waals surface area contributed by atoms with Gasteiger partial charge in [-0.2, -0.15) is 0 Å². The fraction of sp³-hybridized carbons (Fsp3) is 0.346. The highest BCUT2D eigenvalue weighted by Gasteiger charge is 2.24. The molecular weight excluding hydrogens is 482 g/mol. The highest BCUT2D eigenvalue weighted by molar-refractivity contribution is 7.19. The Labute approximate surface area is 213 Å². The molecule has 7 nitrogen and oxygen atoms in total. The number of halogens is 1. The number of likely N-dealkylation sites (tertiary alicyclic amines) is 1. The van der Waals surface area contributed by atoms with E-state index in [0.29, 0.717) is 16.0 Å². The van der Waals surface area contributed by atoms with Crippen molar-refractivity contribution < 1.29 is 9.59 Å². The second kappa shape index (κ2) is 9.76. The van der Waals surface area contributed by atoms with Crippen LogP contribution in [0.5, 0.6) is 0 Å². The molecule has 0 saturated carbocycles. The van der Waals surface area contributed by atoms with Gasteiger partial charge in [-0.25, -0.2) is 15.0 Å². The van der Waals surface area contributed by atoms with Gasteiger partial charge in [0.2, 0.25) is 11.8 Å². The fourth-order valence-corrected chi connectivity index (χ4v) is 5.66. The van der Waals surface area contributed by atoms with E-state index in [0.717, 1.165) is 71.7 Å². The summed E-state index contributed by atoms with van der Waals surface area (Å²) in [5.41, 5.74) is 4.42. The molecule has 0 radical (unpaired) electrons. The number of nitrogens with zero attached hydrogens (tertiary/aromatic N) is 4. The summed E-state index contributed by atoms with van der Waals surface area (Å²) < 4.78 is 0. The van der Waals surface area contributed by atoms with E-state index in [2.05, 4.69) is 27.1 Å². The van der Waals surface area contributed by atoms with Crippen molar-refractivity contribution in [1.82, 2.24) is 19.9 Å². The molecule has 3 heterocycles. The predicted molar refractivity (Wildman–Crippen MR) is 137 cm³/mol. The van der Waals surface area contributed by atoms with Crippen LogP contribution < -0.4 is 5.32 Å². The number of benzene rings is 1. The minimum absolute atomic E-state index is 0.126. The van der Waals surface area contributed by atoms with Crippen LogP contribution in [0.15, 0.2) is 24.4 Å². The fourth-order valence-electron chi connectivity index (χ4n) is 4.38. The number of aromatic nitrogens is 3. The van der Waals surface area contributed by atoms with E-state index < -0.39 is 0 Å². The first kappa shape index (κ1) is 23.5. The molecule has 1 N–H and O–H groups in total. The third-order valence-corrected chi connectivity index (χ3v) is 7.61. The molecule has 9 heteroatoms. The predicted octanol–water partition coefficient (Wildman–Crippen LogP) is 4.59. The molecule has 2 amide bonds. The molecule has 1 fully saturated rings. The molecule has 0 bridgehead atoms. The Balaban J connectivity index is 1.41. The molecule has 1 aliphatic carbocycles. The van der Waals surface area contributed by atoms with E-state index in [4.69, 9.17) is 16.6 Å². The third kappa shape index (κ3) is 5.07. The van der Waals surface area contributed by atoms with Crippen LogP contribution in [0.25, 0.3) is 22.0 Å². The molecule has 2 aliphatic rings. The van der Waals surface area contributed by atoms with Crippen molar-refractivity contribution in [3.05, 3.63) is 46.2 Å². The van der Waals surface area contributed by atoms with Crippen LogP contribution in [-0.4, -0.2) is 44.8 Å². The molecule has 2 aromatic heterocycles. The second-order valence-corrected chi connectivity index (χ2v) is 10.2. The van der Waals surface area contributed by atoms with Gasteiger partial charge in [0.05, 0.1) is 21.3 Å².